The summed E-state index contributed by atoms with van der Waals surface area (Å²) >= 11 is 0. The van der Waals surface area contributed by atoms with Gasteiger partial charge in [0.15, 0.2) is 0 Å². The zero-order chi connectivity index (χ0) is 11.4. The first-order chi connectivity index (χ1) is 7.31. The lowest BCUT2D eigenvalue weighted by Gasteiger charge is -1.98. The third-order valence-electron chi connectivity index (χ3n) is 2.51. The van der Waals surface area contributed by atoms with Crippen molar-refractivity contribution in [2.24, 2.45) is 0 Å². The first-order valence-electron chi connectivity index (χ1n) is 6.23. The molecule has 0 atom stereocenters. The third kappa shape index (κ3) is 11.4. The number of hydrogen-bond acceptors (Lipinski definition) is 1. The van der Waals surface area contributed by atoms with Crippen molar-refractivity contribution in [1.29, 1.82) is 0 Å². The molecule has 88 valence electrons. The van der Waals surface area contributed by atoms with Gasteiger partial charge in [-0.15, -0.1) is 0 Å². The van der Waals surface area contributed by atoms with Gasteiger partial charge in [0.05, 0.1) is 0 Å². The highest BCUT2D eigenvalue weighted by Gasteiger charge is 1.89. The Bertz CT molecular complexity index is 170. The van der Waals surface area contributed by atoms with E-state index in [4.69, 9.17) is 5.11 Å². The number of aliphatic hydroxyl groups is 1. The quantitative estimate of drug-likeness (QED) is 0.422. The van der Waals surface area contributed by atoms with Crippen molar-refractivity contribution in [2.75, 3.05) is 6.61 Å². The molecule has 0 saturated carbocycles. The van der Waals surface area contributed by atoms with Gasteiger partial charge >= 0.3 is 0 Å². The van der Waals surface area contributed by atoms with Crippen LogP contribution in [0.15, 0.2) is 24.3 Å². The fourth-order valence-corrected chi connectivity index (χ4v) is 1.49. The number of rotatable bonds is 10. The molecule has 0 spiro atoms. The highest BCUT2D eigenvalue weighted by Crippen LogP contribution is 2.07. The molecule has 1 N–H and O–H groups in total. The van der Waals surface area contributed by atoms with Crippen LogP contribution in [-0.4, -0.2) is 11.7 Å². The lowest BCUT2D eigenvalue weighted by molar-refractivity contribution is 0.298. The van der Waals surface area contributed by atoms with Gasteiger partial charge in [0, 0.05) is 6.61 Å². The van der Waals surface area contributed by atoms with Crippen LogP contribution in [0.3, 0.4) is 0 Å². The van der Waals surface area contributed by atoms with E-state index in [1.807, 2.05) is 0 Å². The van der Waals surface area contributed by atoms with Gasteiger partial charge in [0.25, 0.3) is 0 Å². The monoisotopic (exact) mass is 210 g/mol. The molecular weight excluding hydrogens is 184 g/mol. The molecule has 0 aliphatic rings. The Hall–Kier alpha value is -0.560. The third-order valence-corrected chi connectivity index (χ3v) is 2.51. The molecule has 0 aromatic rings. The number of unbranched alkanes of at least 4 members (excludes halogenated alkanes) is 5. The topological polar surface area (TPSA) is 20.2 Å². The summed E-state index contributed by atoms with van der Waals surface area (Å²) < 4.78 is 0. The first-order valence-corrected chi connectivity index (χ1v) is 6.23. The highest BCUT2D eigenvalue weighted by atomic mass is 16.2. The Kier molecular flexibility index (Phi) is 11.1. The standard InChI is InChI=1S/C14H26O/c1-3-4-5-6-7-8-9-10-11-14(2)12-13-15/h9-10,15H,2-8,11-13H2,1H3/b10-9+. The molecule has 0 heterocycles. The van der Waals surface area contributed by atoms with E-state index in [2.05, 4.69) is 25.7 Å². The van der Waals surface area contributed by atoms with Crippen molar-refractivity contribution < 1.29 is 5.11 Å². The smallest absolute Gasteiger partial charge is 0.0468 e. The summed E-state index contributed by atoms with van der Waals surface area (Å²) in [5, 5.41) is 8.67. The Balaban J connectivity index is 3.20. The van der Waals surface area contributed by atoms with Crippen LogP contribution in [-0.2, 0) is 0 Å². The molecular formula is C14H26O. The van der Waals surface area contributed by atoms with Crippen LogP contribution >= 0.6 is 0 Å². The average molecular weight is 210 g/mol. The van der Waals surface area contributed by atoms with Crippen LogP contribution in [0.4, 0.5) is 0 Å². The van der Waals surface area contributed by atoms with Crippen LogP contribution in [0.25, 0.3) is 0 Å². The summed E-state index contributed by atoms with van der Waals surface area (Å²) in [4.78, 5) is 0. The van der Waals surface area contributed by atoms with E-state index in [0.717, 1.165) is 18.4 Å². The molecule has 0 unspecified atom stereocenters. The Morgan fingerprint density at radius 2 is 1.87 bits per heavy atom. The molecule has 1 nitrogen and oxygen atoms in total. The predicted octanol–water partition coefficient (Wildman–Crippen LogP) is 4.23. The van der Waals surface area contributed by atoms with Gasteiger partial charge in [-0.05, 0) is 25.7 Å². The predicted molar refractivity (Wildman–Crippen MR) is 68.0 cm³/mol. The summed E-state index contributed by atoms with van der Waals surface area (Å²) in [5.74, 6) is 0. The number of hydrogen-bond donors (Lipinski definition) is 1. The molecule has 0 bridgehead atoms. The molecule has 0 aliphatic heterocycles. The Morgan fingerprint density at radius 3 is 2.53 bits per heavy atom. The molecule has 0 aromatic carbocycles. The van der Waals surface area contributed by atoms with Crippen LogP contribution in [0, 0.1) is 0 Å². The minimum atomic E-state index is 0.226. The molecule has 0 saturated heterocycles. The fourth-order valence-electron chi connectivity index (χ4n) is 1.49. The van der Waals surface area contributed by atoms with E-state index in [1.54, 1.807) is 0 Å². The van der Waals surface area contributed by atoms with E-state index >= 15 is 0 Å². The largest absolute Gasteiger partial charge is 0.396 e. The average Bonchev–Trinajstić information content (AvgIpc) is 2.22. The maximum absolute atomic E-state index is 8.67. The maximum Gasteiger partial charge on any atom is 0.0468 e. The van der Waals surface area contributed by atoms with Crippen molar-refractivity contribution >= 4 is 0 Å². The molecule has 0 rings (SSSR count). The highest BCUT2D eigenvalue weighted by molar-refractivity contribution is 5.01. The second kappa shape index (κ2) is 11.5. The van der Waals surface area contributed by atoms with Crippen molar-refractivity contribution in [3.8, 4) is 0 Å². The SMILES string of the molecule is C=C(C/C=C/CCCCCCC)CCO. The lowest BCUT2D eigenvalue weighted by Crippen LogP contribution is -1.85. The van der Waals surface area contributed by atoms with Crippen molar-refractivity contribution in [3.63, 3.8) is 0 Å². The second-order valence-electron chi connectivity index (χ2n) is 4.10. The van der Waals surface area contributed by atoms with Gasteiger partial charge in [0.1, 0.15) is 0 Å². The molecule has 0 aromatic heterocycles. The molecule has 1 heteroatoms. The van der Waals surface area contributed by atoms with Gasteiger partial charge < -0.3 is 5.11 Å². The van der Waals surface area contributed by atoms with E-state index in [0.29, 0.717) is 0 Å². The van der Waals surface area contributed by atoms with Gasteiger partial charge in [-0.25, -0.2) is 0 Å². The van der Waals surface area contributed by atoms with Gasteiger partial charge in [-0.3, -0.25) is 0 Å². The maximum atomic E-state index is 8.67. The van der Waals surface area contributed by atoms with Crippen molar-refractivity contribution in [2.45, 2.75) is 58.3 Å². The zero-order valence-electron chi connectivity index (χ0n) is 10.2. The minimum absolute atomic E-state index is 0.226. The molecule has 0 amide bonds. The number of aliphatic hydroxyl groups excluding tert-OH is 1. The lowest BCUT2D eigenvalue weighted by atomic mass is 10.1. The normalized spacial score (nSPS) is 11.1. The molecule has 15 heavy (non-hydrogen) atoms. The Labute approximate surface area is 94.9 Å². The molecule has 0 aliphatic carbocycles. The fraction of sp³-hybridized carbons (Fsp3) is 0.714. The summed E-state index contributed by atoms with van der Waals surface area (Å²) in [6.07, 6.45) is 14.0. The summed E-state index contributed by atoms with van der Waals surface area (Å²) in [6.45, 7) is 6.36. The summed E-state index contributed by atoms with van der Waals surface area (Å²) in [5.41, 5.74) is 1.12. The van der Waals surface area contributed by atoms with Crippen LogP contribution in [0.2, 0.25) is 0 Å². The van der Waals surface area contributed by atoms with E-state index < -0.39 is 0 Å². The summed E-state index contributed by atoms with van der Waals surface area (Å²) in [7, 11) is 0. The van der Waals surface area contributed by atoms with E-state index in [-0.39, 0.29) is 6.61 Å². The summed E-state index contributed by atoms with van der Waals surface area (Å²) in [6, 6.07) is 0. The van der Waals surface area contributed by atoms with Crippen molar-refractivity contribution in [3.05, 3.63) is 24.3 Å². The van der Waals surface area contributed by atoms with Gasteiger partial charge in [-0.1, -0.05) is 56.9 Å². The zero-order valence-corrected chi connectivity index (χ0v) is 10.2. The molecule has 0 radical (unpaired) electrons. The Morgan fingerprint density at radius 1 is 1.13 bits per heavy atom. The number of allylic oxidation sites excluding steroid dienone is 2. The minimum Gasteiger partial charge on any atom is -0.396 e. The second-order valence-corrected chi connectivity index (χ2v) is 4.10. The molecule has 0 fully saturated rings. The van der Waals surface area contributed by atoms with Crippen molar-refractivity contribution in [1.82, 2.24) is 0 Å². The van der Waals surface area contributed by atoms with Gasteiger partial charge in [0.2, 0.25) is 0 Å². The van der Waals surface area contributed by atoms with E-state index in [9.17, 15) is 0 Å². The van der Waals surface area contributed by atoms with Crippen LogP contribution < -0.4 is 0 Å². The van der Waals surface area contributed by atoms with Crippen LogP contribution in [0.1, 0.15) is 58.3 Å². The van der Waals surface area contributed by atoms with Crippen LogP contribution in [0.5, 0.6) is 0 Å². The van der Waals surface area contributed by atoms with Gasteiger partial charge in [-0.2, -0.15) is 0 Å². The van der Waals surface area contributed by atoms with E-state index in [1.165, 1.54) is 38.5 Å². The first kappa shape index (κ1) is 14.4.